The zero-order valence-corrected chi connectivity index (χ0v) is 16.1. The van der Waals surface area contributed by atoms with Crippen molar-refractivity contribution in [2.24, 2.45) is 0 Å². The van der Waals surface area contributed by atoms with Gasteiger partial charge in [0.05, 0.1) is 24.3 Å². The van der Waals surface area contributed by atoms with Gasteiger partial charge in [0, 0.05) is 18.0 Å². The molecule has 3 atom stereocenters. The first-order valence-electron chi connectivity index (χ1n) is 9.53. The number of aliphatic hydroxyl groups excluding tert-OH is 1. The number of likely N-dealkylation sites (tertiary alicyclic amines) is 1. The Labute approximate surface area is 169 Å². The molecule has 148 valence electrons. The summed E-state index contributed by atoms with van der Waals surface area (Å²) in [5.41, 5.74) is 1.89. The topological polar surface area (TPSA) is 76.4 Å². The van der Waals surface area contributed by atoms with Gasteiger partial charge in [0.15, 0.2) is 0 Å². The maximum atomic E-state index is 13.7. The molecule has 0 saturated carbocycles. The molecule has 0 aromatic heterocycles. The van der Waals surface area contributed by atoms with Gasteiger partial charge in [-0.3, -0.25) is 0 Å². The Morgan fingerprint density at radius 3 is 2.55 bits per heavy atom. The van der Waals surface area contributed by atoms with Gasteiger partial charge in [0.1, 0.15) is 11.9 Å². The summed E-state index contributed by atoms with van der Waals surface area (Å²) in [6, 6.07) is 14.3. The van der Waals surface area contributed by atoms with E-state index in [-0.39, 0.29) is 24.4 Å². The maximum Gasteiger partial charge on any atom is 0.318 e. The highest BCUT2D eigenvalue weighted by Crippen LogP contribution is 2.40. The summed E-state index contributed by atoms with van der Waals surface area (Å²) >= 11 is 0. The Morgan fingerprint density at radius 1 is 1.21 bits per heavy atom. The third-order valence-corrected chi connectivity index (χ3v) is 5.00. The number of hydrogen-bond donors (Lipinski definition) is 2. The molecule has 2 aromatic carbocycles. The Balaban J connectivity index is 1.76. The zero-order valence-electron chi connectivity index (χ0n) is 16.1. The first-order chi connectivity index (χ1) is 14.1. The second-order valence-electron chi connectivity index (χ2n) is 6.84. The number of carbonyl (C=O) groups is 1. The van der Waals surface area contributed by atoms with Crippen molar-refractivity contribution in [3.63, 3.8) is 0 Å². The summed E-state index contributed by atoms with van der Waals surface area (Å²) in [5, 5.41) is 22.1. The first-order valence-corrected chi connectivity index (χ1v) is 9.53. The second-order valence-corrected chi connectivity index (χ2v) is 6.84. The fourth-order valence-corrected chi connectivity index (χ4v) is 3.50. The summed E-state index contributed by atoms with van der Waals surface area (Å²) in [6.07, 6.45) is 0.791. The molecule has 1 aliphatic heterocycles. The largest absolute Gasteiger partial charge is 0.394 e. The number of amides is 2. The summed E-state index contributed by atoms with van der Waals surface area (Å²) in [4.78, 5) is 13.7. The van der Waals surface area contributed by atoms with Crippen LogP contribution in [0, 0.1) is 29.0 Å². The fourth-order valence-electron chi connectivity index (χ4n) is 3.50. The number of carbonyl (C=O) groups excluding carboxylic acids is 1. The number of nitriles is 1. The predicted molar refractivity (Wildman–Crippen MR) is 107 cm³/mol. The van der Waals surface area contributed by atoms with Crippen LogP contribution in [0.15, 0.2) is 48.5 Å². The number of halogens is 1. The van der Waals surface area contributed by atoms with Crippen molar-refractivity contribution in [1.82, 2.24) is 10.2 Å². The Bertz CT molecular complexity index is 972. The molecular formula is C23H22FN3O2. The molecule has 0 aliphatic carbocycles. The minimum Gasteiger partial charge on any atom is -0.394 e. The Hall–Kier alpha value is -3.35. The van der Waals surface area contributed by atoms with Crippen LogP contribution in [0.25, 0.3) is 0 Å². The van der Waals surface area contributed by atoms with Gasteiger partial charge >= 0.3 is 6.03 Å². The molecule has 2 N–H and O–H groups in total. The highest BCUT2D eigenvalue weighted by Gasteiger charge is 2.51. The number of rotatable bonds is 4. The van der Waals surface area contributed by atoms with Crippen LogP contribution in [0.3, 0.4) is 0 Å². The minimum absolute atomic E-state index is 0.225. The molecule has 6 heteroatoms. The first kappa shape index (κ1) is 20.4. The van der Waals surface area contributed by atoms with Crippen molar-refractivity contribution >= 4 is 6.03 Å². The van der Waals surface area contributed by atoms with Crippen LogP contribution in [-0.4, -0.2) is 41.3 Å². The van der Waals surface area contributed by atoms with E-state index in [2.05, 4.69) is 23.2 Å². The van der Waals surface area contributed by atoms with Crippen molar-refractivity contribution in [2.75, 3.05) is 13.2 Å². The highest BCUT2D eigenvalue weighted by molar-refractivity contribution is 5.77. The molecule has 1 heterocycles. The zero-order chi connectivity index (χ0) is 20.8. The number of nitrogens with zero attached hydrogens (tertiary/aromatic N) is 2. The summed E-state index contributed by atoms with van der Waals surface area (Å²) < 4.78 is 13.7. The van der Waals surface area contributed by atoms with E-state index in [4.69, 9.17) is 0 Å². The molecule has 5 nitrogen and oxygen atoms in total. The third-order valence-electron chi connectivity index (χ3n) is 5.00. The molecule has 0 radical (unpaired) electrons. The van der Waals surface area contributed by atoms with Gasteiger partial charge < -0.3 is 15.3 Å². The maximum absolute atomic E-state index is 13.7. The molecule has 0 spiro atoms. The fraction of sp³-hybridized carbons (Fsp3) is 0.304. The molecule has 3 rings (SSSR count). The van der Waals surface area contributed by atoms with Crippen molar-refractivity contribution in [3.8, 4) is 17.9 Å². The van der Waals surface area contributed by atoms with E-state index in [1.54, 1.807) is 30.3 Å². The van der Waals surface area contributed by atoms with Crippen molar-refractivity contribution in [2.45, 2.75) is 31.3 Å². The lowest BCUT2D eigenvalue weighted by Crippen LogP contribution is -2.67. The van der Waals surface area contributed by atoms with Crippen LogP contribution in [0.5, 0.6) is 0 Å². The minimum atomic E-state index is -0.639. The highest BCUT2D eigenvalue weighted by atomic mass is 19.1. The predicted octanol–water partition coefficient (Wildman–Crippen LogP) is 3.00. The van der Waals surface area contributed by atoms with Crippen LogP contribution < -0.4 is 5.32 Å². The lowest BCUT2D eigenvalue weighted by atomic mass is 9.76. The number of urea groups is 1. The third kappa shape index (κ3) is 4.23. The van der Waals surface area contributed by atoms with E-state index in [0.717, 1.165) is 12.0 Å². The van der Waals surface area contributed by atoms with Gasteiger partial charge in [0.2, 0.25) is 0 Å². The molecule has 2 aromatic rings. The monoisotopic (exact) mass is 391 g/mol. The average molecular weight is 391 g/mol. The quantitative estimate of drug-likeness (QED) is 0.787. The van der Waals surface area contributed by atoms with Gasteiger partial charge in [-0.25, -0.2) is 9.18 Å². The standard InChI is InChI=1S/C23H22FN3O2/c1-2-13-26-23(29)27-20(14-25)22(21(27)15-28)18-11-8-16(9-12-18)7-10-17-5-3-4-6-19(17)24/h3-6,8-9,11-12,20-22,28H,2,13,15H2,1H3,(H,26,29)/t20-,21-,22+/m1/s1. The van der Waals surface area contributed by atoms with Crippen molar-refractivity contribution in [1.29, 1.82) is 5.26 Å². The Kier molecular flexibility index (Phi) is 6.49. The molecular weight excluding hydrogens is 369 g/mol. The lowest BCUT2D eigenvalue weighted by Gasteiger charge is -2.51. The molecule has 0 bridgehead atoms. The van der Waals surface area contributed by atoms with Crippen LogP contribution in [0.2, 0.25) is 0 Å². The smallest absolute Gasteiger partial charge is 0.318 e. The van der Waals surface area contributed by atoms with E-state index >= 15 is 0 Å². The summed E-state index contributed by atoms with van der Waals surface area (Å²) in [5.74, 6) is 5.10. The van der Waals surface area contributed by atoms with Crippen molar-refractivity contribution < 1.29 is 14.3 Å². The summed E-state index contributed by atoms with van der Waals surface area (Å²) in [7, 11) is 0. The summed E-state index contributed by atoms with van der Waals surface area (Å²) in [6.45, 7) is 2.24. The normalized spacial score (nSPS) is 20.1. The van der Waals surface area contributed by atoms with Crippen LogP contribution in [-0.2, 0) is 0 Å². The molecule has 1 fully saturated rings. The lowest BCUT2D eigenvalue weighted by molar-refractivity contribution is 0.0169. The molecule has 1 saturated heterocycles. The average Bonchev–Trinajstić information content (AvgIpc) is 2.72. The van der Waals surface area contributed by atoms with E-state index in [9.17, 15) is 19.6 Å². The van der Waals surface area contributed by atoms with Gasteiger partial charge in [-0.2, -0.15) is 5.26 Å². The van der Waals surface area contributed by atoms with Crippen LogP contribution in [0.1, 0.15) is 36.0 Å². The SMILES string of the molecule is CCCNC(=O)N1[C@H](C#N)[C@H](c2ccc(C#Cc3ccccc3F)cc2)[C@H]1CO. The molecule has 0 unspecified atom stereocenters. The van der Waals surface area contributed by atoms with E-state index in [1.807, 2.05) is 19.1 Å². The van der Waals surface area contributed by atoms with E-state index < -0.39 is 12.1 Å². The van der Waals surface area contributed by atoms with Gasteiger partial charge in [0.25, 0.3) is 0 Å². The van der Waals surface area contributed by atoms with Crippen molar-refractivity contribution in [3.05, 3.63) is 71.0 Å². The number of benzene rings is 2. The van der Waals surface area contributed by atoms with Crippen LogP contribution >= 0.6 is 0 Å². The Morgan fingerprint density at radius 2 is 1.93 bits per heavy atom. The van der Waals surface area contributed by atoms with Gasteiger partial charge in [-0.05, 0) is 36.2 Å². The van der Waals surface area contributed by atoms with E-state index in [1.165, 1.54) is 11.0 Å². The number of aliphatic hydroxyl groups is 1. The van der Waals surface area contributed by atoms with Gasteiger partial charge in [-0.15, -0.1) is 0 Å². The molecule has 1 aliphatic rings. The second kappa shape index (κ2) is 9.23. The van der Waals surface area contributed by atoms with Crippen LogP contribution in [0.4, 0.5) is 9.18 Å². The van der Waals surface area contributed by atoms with E-state index in [0.29, 0.717) is 17.7 Å². The molecule has 2 amide bonds. The number of hydrogen-bond acceptors (Lipinski definition) is 3. The van der Waals surface area contributed by atoms with Gasteiger partial charge in [-0.1, -0.05) is 43.0 Å². The number of nitrogens with one attached hydrogen (secondary N) is 1. The molecule has 29 heavy (non-hydrogen) atoms.